The maximum Gasteiger partial charge on any atom is 0.149 e. The summed E-state index contributed by atoms with van der Waals surface area (Å²) in [5, 5.41) is 3.20. The van der Waals surface area contributed by atoms with Crippen LogP contribution >= 0.6 is 24.8 Å². The van der Waals surface area contributed by atoms with Gasteiger partial charge in [-0.2, -0.15) is 0 Å². The minimum absolute atomic E-state index is 0. The molecule has 0 aromatic heterocycles. The summed E-state index contributed by atoms with van der Waals surface area (Å²) in [7, 11) is 0. The molecule has 0 saturated carbocycles. The molecule has 0 amide bonds. The molecule has 1 aliphatic heterocycles. The van der Waals surface area contributed by atoms with E-state index in [1.54, 1.807) is 0 Å². The van der Waals surface area contributed by atoms with Gasteiger partial charge in [-0.25, -0.2) is 0 Å². The molecular weight excluding hydrogens is 199 g/mol. The molecule has 1 aliphatic rings. The fourth-order valence-electron chi connectivity index (χ4n) is 1.31. The number of Topliss-reactive ketones (excluding diaryl/α,β-unsaturated/α-hetero) is 1. The zero-order valence-electron chi connectivity index (χ0n) is 6.91. The highest BCUT2D eigenvalue weighted by atomic mass is 35.5. The van der Waals surface area contributed by atoms with Gasteiger partial charge < -0.3 is 11.1 Å². The topological polar surface area (TPSA) is 55.1 Å². The van der Waals surface area contributed by atoms with Gasteiger partial charge >= 0.3 is 0 Å². The highest BCUT2D eigenvalue weighted by molar-refractivity contribution is 5.85. The van der Waals surface area contributed by atoms with Gasteiger partial charge in [0.2, 0.25) is 0 Å². The number of rotatable bonds is 2. The summed E-state index contributed by atoms with van der Waals surface area (Å²) in [6, 6.07) is 0. The van der Waals surface area contributed by atoms with E-state index in [1.165, 1.54) is 0 Å². The number of halogens is 2. The highest BCUT2D eigenvalue weighted by Crippen LogP contribution is 2.11. The molecule has 0 aromatic carbocycles. The number of hydrogen-bond donors (Lipinski definition) is 2. The van der Waals surface area contributed by atoms with Crippen LogP contribution in [0.25, 0.3) is 0 Å². The Morgan fingerprint density at radius 2 is 1.83 bits per heavy atom. The molecule has 74 valence electrons. The lowest BCUT2D eigenvalue weighted by atomic mass is 9.94. The third-order valence-electron chi connectivity index (χ3n) is 2.00. The Labute approximate surface area is 85.3 Å². The molecule has 0 unspecified atom stereocenters. The van der Waals surface area contributed by atoms with Gasteiger partial charge in [0.25, 0.3) is 0 Å². The highest BCUT2D eigenvalue weighted by Gasteiger charge is 2.18. The lowest BCUT2D eigenvalue weighted by Gasteiger charge is -2.20. The van der Waals surface area contributed by atoms with Gasteiger partial charge in [0.1, 0.15) is 5.78 Å². The molecule has 3 nitrogen and oxygen atoms in total. The Kier molecular flexibility index (Phi) is 9.54. The molecule has 1 fully saturated rings. The van der Waals surface area contributed by atoms with Crippen LogP contribution in [0.5, 0.6) is 0 Å². The first-order valence-electron chi connectivity index (χ1n) is 3.78. The standard InChI is InChI=1S/C7H14N2O.2ClH/c8-5-7(10)6-1-3-9-4-2-6;;/h6,9H,1-5,8H2;2*1H. The van der Waals surface area contributed by atoms with Crippen molar-refractivity contribution in [3.8, 4) is 0 Å². The fraction of sp³-hybridized carbons (Fsp3) is 0.857. The van der Waals surface area contributed by atoms with Crippen molar-refractivity contribution in [2.75, 3.05) is 19.6 Å². The van der Waals surface area contributed by atoms with E-state index in [1.807, 2.05) is 0 Å². The van der Waals surface area contributed by atoms with Crippen LogP contribution in [0.3, 0.4) is 0 Å². The molecule has 0 radical (unpaired) electrons. The normalized spacial score (nSPS) is 17.4. The van der Waals surface area contributed by atoms with Crippen LogP contribution in [0.4, 0.5) is 0 Å². The average molecular weight is 215 g/mol. The Balaban J connectivity index is 0. The number of hydrogen-bond acceptors (Lipinski definition) is 3. The maximum atomic E-state index is 11.0. The predicted molar refractivity (Wildman–Crippen MR) is 54.2 cm³/mol. The number of carbonyl (C=O) groups is 1. The summed E-state index contributed by atoms with van der Waals surface area (Å²) >= 11 is 0. The minimum atomic E-state index is 0. The molecule has 1 heterocycles. The third kappa shape index (κ3) is 4.26. The van der Waals surface area contributed by atoms with E-state index in [0.29, 0.717) is 0 Å². The monoisotopic (exact) mass is 214 g/mol. The lowest BCUT2D eigenvalue weighted by molar-refractivity contribution is -0.122. The molecule has 0 bridgehead atoms. The predicted octanol–water partition coefficient (Wildman–Crippen LogP) is 0.357. The van der Waals surface area contributed by atoms with Gasteiger partial charge in [-0.05, 0) is 25.9 Å². The van der Waals surface area contributed by atoms with Gasteiger partial charge in [0.05, 0.1) is 6.54 Å². The zero-order valence-corrected chi connectivity index (χ0v) is 8.55. The summed E-state index contributed by atoms with van der Waals surface area (Å²) in [4.78, 5) is 11.0. The van der Waals surface area contributed by atoms with Crippen molar-refractivity contribution in [2.24, 2.45) is 11.7 Å². The van der Waals surface area contributed by atoms with E-state index in [9.17, 15) is 4.79 Å². The van der Waals surface area contributed by atoms with Crippen molar-refractivity contribution in [1.82, 2.24) is 5.32 Å². The number of nitrogens with two attached hydrogens (primary N) is 1. The van der Waals surface area contributed by atoms with Crippen molar-refractivity contribution in [2.45, 2.75) is 12.8 Å². The van der Waals surface area contributed by atoms with Crippen molar-refractivity contribution >= 4 is 30.6 Å². The van der Waals surface area contributed by atoms with Crippen molar-refractivity contribution in [1.29, 1.82) is 0 Å². The van der Waals surface area contributed by atoms with Crippen LogP contribution in [0.2, 0.25) is 0 Å². The Morgan fingerprint density at radius 3 is 2.25 bits per heavy atom. The first-order valence-corrected chi connectivity index (χ1v) is 3.78. The first-order chi connectivity index (χ1) is 4.84. The second-order valence-electron chi connectivity index (χ2n) is 2.69. The molecule has 3 N–H and O–H groups in total. The summed E-state index contributed by atoms with van der Waals surface area (Å²) < 4.78 is 0. The van der Waals surface area contributed by atoms with Crippen LogP contribution < -0.4 is 11.1 Å². The van der Waals surface area contributed by atoms with Gasteiger partial charge in [-0.1, -0.05) is 0 Å². The van der Waals surface area contributed by atoms with Crippen LogP contribution in [0, 0.1) is 5.92 Å². The Hall–Kier alpha value is 0.170. The average Bonchev–Trinajstić information content (AvgIpc) is 2.05. The minimum Gasteiger partial charge on any atom is -0.324 e. The number of carbonyl (C=O) groups excluding carboxylic acids is 1. The molecule has 0 spiro atoms. The van der Waals surface area contributed by atoms with E-state index in [4.69, 9.17) is 5.73 Å². The van der Waals surface area contributed by atoms with Gasteiger partial charge in [-0.15, -0.1) is 24.8 Å². The summed E-state index contributed by atoms with van der Waals surface area (Å²) in [6.45, 7) is 2.15. The van der Waals surface area contributed by atoms with Crippen LogP contribution in [0.1, 0.15) is 12.8 Å². The number of ketones is 1. The van der Waals surface area contributed by atoms with Gasteiger partial charge in [-0.3, -0.25) is 4.79 Å². The maximum absolute atomic E-state index is 11.0. The Morgan fingerprint density at radius 1 is 1.33 bits per heavy atom. The molecule has 0 aliphatic carbocycles. The number of piperidine rings is 1. The number of nitrogens with one attached hydrogen (secondary N) is 1. The molecule has 1 saturated heterocycles. The van der Waals surface area contributed by atoms with E-state index < -0.39 is 0 Å². The zero-order chi connectivity index (χ0) is 7.40. The van der Waals surface area contributed by atoms with E-state index in [2.05, 4.69) is 5.32 Å². The van der Waals surface area contributed by atoms with Gasteiger partial charge in [0.15, 0.2) is 0 Å². The molecule has 5 heteroatoms. The lowest BCUT2D eigenvalue weighted by Crippen LogP contribution is -2.34. The van der Waals surface area contributed by atoms with Crippen molar-refractivity contribution in [3.63, 3.8) is 0 Å². The molecule has 1 rings (SSSR count). The summed E-state index contributed by atoms with van der Waals surface area (Å²) in [5.74, 6) is 0.466. The van der Waals surface area contributed by atoms with Crippen LogP contribution in [-0.4, -0.2) is 25.4 Å². The molecular formula is C7H16Cl2N2O. The van der Waals surface area contributed by atoms with E-state index in [-0.39, 0.29) is 43.1 Å². The quantitative estimate of drug-likeness (QED) is 0.699. The fourth-order valence-corrected chi connectivity index (χ4v) is 1.31. The first kappa shape index (κ1) is 14.7. The largest absolute Gasteiger partial charge is 0.324 e. The summed E-state index contributed by atoms with van der Waals surface area (Å²) in [5.41, 5.74) is 5.23. The molecule has 0 atom stereocenters. The second-order valence-corrected chi connectivity index (χ2v) is 2.69. The van der Waals surface area contributed by atoms with E-state index >= 15 is 0 Å². The van der Waals surface area contributed by atoms with E-state index in [0.717, 1.165) is 25.9 Å². The Bertz CT molecular complexity index is 127. The SMILES string of the molecule is Cl.Cl.NCC(=O)C1CCNCC1. The molecule has 0 aromatic rings. The second kappa shape index (κ2) is 7.80. The summed E-state index contributed by atoms with van der Waals surface area (Å²) in [6.07, 6.45) is 1.94. The van der Waals surface area contributed by atoms with Crippen molar-refractivity contribution in [3.05, 3.63) is 0 Å². The van der Waals surface area contributed by atoms with Crippen LogP contribution in [-0.2, 0) is 4.79 Å². The third-order valence-corrected chi connectivity index (χ3v) is 2.00. The smallest absolute Gasteiger partial charge is 0.149 e. The van der Waals surface area contributed by atoms with Crippen LogP contribution in [0.15, 0.2) is 0 Å². The van der Waals surface area contributed by atoms with Crippen molar-refractivity contribution < 1.29 is 4.79 Å². The van der Waals surface area contributed by atoms with Gasteiger partial charge in [0, 0.05) is 5.92 Å². The molecule has 12 heavy (non-hydrogen) atoms.